The number of carbonyl (C=O) groups is 2. The molecule has 2 aliphatic heterocycles. The van der Waals surface area contributed by atoms with Gasteiger partial charge in [0, 0.05) is 32.8 Å². The first-order valence-corrected chi connectivity index (χ1v) is 10.5. The molecule has 2 aliphatic rings. The summed E-state index contributed by atoms with van der Waals surface area (Å²) < 4.78 is 11.4. The third kappa shape index (κ3) is 4.68. The Bertz CT molecular complexity index is 909. The van der Waals surface area contributed by atoms with Gasteiger partial charge in [-0.15, -0.1) is 0 Å². The second kappa shape index (κ2) is 9.36. The van der Waals surface area contributed by atoms with Gasteiger partial charge in [-0.3, -0.25) is 4.79 Å². The molecule has 2 aromatic carbocycles. The third-order valence-corrected chi connectivity index (χ3v) is 5.58. The fourth-order valence-corrected chi connectivity index (χ4v) is 3.78. The van der Waals surface area contributed by atoms with Crippen molar-refractivity contribution in [3.8, 4) is 11.5 Å². The highest BCUT2D eigenvalue weighted by atomic mass is 35.5. The standard InChI is InChI=1S/C22H24ClN3O4/c23-16-6-1-3-8-18(16)30-19-9-4-2-7-17(19)24-22(28)26-13-11-25(12-14-26)21(27)20-10-5-15-29-20/h1-4,6-9,20H,5,10-15H2,(H,24,28)/t20-/m1/s1. The van der Waals surface area contributed by atoms with E-state index in [1.807, 2.05) is 24.3 Å². The van der Waals surface area contributed by atoms with E-state index in [4.69, 9.17) is 21.1 Å². The van der Waals surface area contributed by atoms with Gasteiger partial charge < -0.3 is 24.6 Å². The van der Waals surface area contributed by atoms with Crippen LogP contribution in [0.25, 0.3) is 0 Å². The molecule has 1 N–H and O–H groups in total. The van der Waals surface area contributed by atoms with Gasteiger partial charge in [-0.05, 0) is 37.1 Å². The first-order valence-electron chi connectivity index (χ1n) is 10.1. The van der Waals surface area contributed by atoms with Gasteiger partial charge in [-0.25, -0.2) is 4.79 Å². The summed E-state index contributed by atoms with van der Waals surface area (Å²) in [4.78, 5) is 28.7. The number of rotatable bonds is 4. The van der Waals surface area contributed by atoms with Crippen molar-refractivity contribution in [1.29, 1.82) is 0 Å². The number of hydrogen-bond donors (Lipinski definition) is 1. The van der Waals surface area contributed by atoms with Crippen molar-refractivity contribution in [2.75, 3.05) is 38.1 Å². The largest absolute Gasteiger partial charge is 0.454 e. The van der Waals surface area contributed by atoms with Gasteiger partial charge in [0.05, 0.1) is 10.7 Å². The summed E-state index contributed by atoms with van der Waals surface area (Å²) in [5.74, 6) is 1.05. The lowest BCUT2D eigenvalue weighted by atomic mass is 10.2. The lowest BCUT2D eigenvalue weighted by molar-refractivity contribution is -0.142. The van der Waals surface area contributed by atoms with Gasteiger partial charge in [0.25, 0.3) is 5.91 Å². The fourth-order valence-electron chi connectivity index (χ4n) is 3.61. The number of para-hydroxylation sites is 3. The van der Waals surface area contributed by atoms with E-state index in [0.29, 0.717) is 55.0 Å². The maximum atomic E-state index is 12.8. The predicted octanol–water partition coefficient (Wildman–Crippen LogP) is 3.99. The van der Waals surface area contributed by atoms with Crippen LogP contribution in [0.15, 0.2) is 48.5 Å². The molecule has 0 bridgehead atoms. The van der Waals surface area contributed by atoms with E-state index in [-0.39, 0.29) is 18.0 Å². The highest BCUT2D eigenvalue weighted by Crippen LogP contribution is 2.33. The minimum absolute atomic E-state index is 0.0334. The highest BCUT2D eigenvalue weighted by molar-refractivity contribution is 6.32. The van der Waals surface area contributed by atoms with E-state index in [9.17, 15) is 9.59 Å². The van der Waals surface area contributed by atoms with Crippen LogP contribution in [0.4, 0.5) is 10.5 Å². The monoisotopic (exact) mass is 429 g/mol. The van der Waals surface area contributed by atoms with Crippen molar-refractivity contribution in [3.05, 3.63) is 53.6 Å². The van der Waals surface area contributed by atoms with E-state index < -0.39 is 0 Å². The van der Waals surface area contributed by atoms with Crippen LogP contribution in [0.3, 0.4) is 0 Å². The molecular formula is C22H24ClN3O4. The van der Waals surface area contributed by atoms with Crippen LogP contribution in [0, 0.1) is 0 Å². The molecule has 0 spiro atoms. The van der Waals surface area contributed by atoms with Gasteiger partial charge in [-0.1, -0.05) is 35.9 Å². The Hall–Kier alpha value is -2.77. The summed E-state index contributed by atoms with van der Waals surface area (Å²) in [5, 5.41) is 3.40. The normalized spacial score (nSPS) is 18.9. The van der Waals surface area contributed by atoms with Crippen molar-refractivity contribution in [2.24, 2.45) is 0 Å². The van der Waals surface area contributed by atoms with E-state index in [0.717, 1.165) is 12.8 Å². The Morgan fingerprint density at radius 2 is 1.63 bits per heavy atom. The highest BCUT2D eigenvalue weighted by Gasteiger charge is 2.31. The Morgan fingerprint density at radius 3 is 2.33 bits per heavy atom. The number of ether oxygens (including phenoxy) is 2. The second-order valence-corrected chi connectivity index (χ2v) is 7.68. The minimum Gasteiger partial charge on any atom is -0.454 e. The minimum atomic E-state index is -0.320. The van der Waals surface area contributed by atoms with Crippen molar-refractivity contribution in [2.45, 2.75) is 18.9 Å². The van der Waals surface area contributed by atoms with Crippen LogP contribution in [0.5, 0.6) is 11.5 Å². The first kappa shape index (κ1) is 20.5. The van der Waals surface area contributed by atoms with E-state index >= 15 is 0 Å². The summed E-state index contributed by atoms with van der Waals surface area (Å²) in [6, 6.07) is 14.2. The number of carbonyl (C=O) groups excluding carboxylic acids is 2. The molecule has 158 valence electrons. The van der Waals surface area contributed by atoms with E-state index in [2.05, 4.69) is 5.32 Å². The number of benzene rings is 2. The lowest BCUT2D eigenvalue weighted by Gasteiger charge is -2.35. The number of urea groups is 1. The van der Waals surface area contributed by atoms with Gasteiger partial charge in [0.15, 0.2) is 5.75 Å². The lowest BCUT2D eigenvalue weighted by Crippen LogP contribution is -2.53. The number of nitrogens with zero attached hydrogens (tertiary/aromatic N) is 2. The third-order valence-electron chi connectivity index (χ3n) is 5.27. The smallest absolute Gasteiger partial charge is 0.322 e. The number of piperazine rings is 1. The molecule has 3 amide bonds. The molecular weight excluding hydrogens is 406 g/mol. The molecule has 4 rings (SSSR count). The number of nitrogens with one attached hydrogen (secondary N) is 1. The summed E-state index contributed by atoms with van der Waals surface area (Å²) in [5.41, 5.74) is 0.556. The quantitative estimate of drug-likeness (QED) is 0.797. The van der Waals surface area contributed by atoms with Crippen LogP contribution < -0.4 is 10.1 Å². The van der Waals surface area contributed by atoms with E-state index in [1.165, 1.54) is 0 Å². The number of halogens is 1. The molecule has 0 unspecified atom stereocenters. The Kier molecular flexibility index (Phi) is 6.40. The maximum absolute atomic E-state index is 12.8. The topological polar surface area (TPSA) is 71.1 Å². The molecule has 2 aromatic rings. The van der Waals surface area contributed by atoms with Gasteiger partial charge in [-0.2, -0.15) is 0 Å². The average Bonchev–Trinajstić information content (AvgIpc) is 3.31. The zero-order valence-corrected chi connectivity index (χ0v) is 17.3. The zero-order valence-electron chi connectivity index (χ0n) is 16.6. The SMILES string of the molecule is O=C(Nc1ccccc1Oc1ccccc1Cl)N1CCN(C(=O)[C@H]2CCCO2)CC1. The first-order chi connectivity index (χ1) is 14.6. The fraction of sp³-hybridized carbons (Fsp3) is 0.364. The molecule has 0 saturated carbocycles. The molecule has 1 atom stereocenters. The van der Waals surface area contributed by atoms with Crippen LogP contribution in [-0.2, 0) is 9.53 Å². The Labute approximate surface area is 180 Å². The molecule has 8 heteroatoms. The van der Waals surface area contributed by atoms with Crippen molar-refractivity contribution >= 4 is 29.2 Å². The number of anilines is 1. The Morgan fingerprint density at radius 1 is 0.967 bits per heavy atom. The molecule has 7 nitrogen and oxygen atoms in total. The van der Waals surface area contributed by atoms with Crippen molar-refractivity contribution in [3.63, 3.8) is 0 Å². The van der Waals surface area contributed by atoms with Crippen molar-refractivity contribution in [1.82, 2.24) is 9.80 Å². The van der Waals surface area contributed by atoms with Gasteiger partial charge >= 0.3 is 6.03 Å². The summed E-state index contributed by atoms with van der Waals surface area (Å²) >= 11 is 6.18. The van der Waals surface area contributed by atoms with Crippen LogP contribution >= 0.6 is 11.6 Å². The van der Waals surface area contributed by atoms with Gasteiger partial charge in [0.2, 0.25) is 0 Å². The van der Waals surface area contributed by atoms with Gasteiger partial charge in [0.1, 0.15) is 11.9 Å². The second-order valence-electron chi connectivity index (χ2n) is 7.27. The summed E-state index contributed by atoms with van der Waals surface area (Å²) in [6.07, 6.45) is 1.38. The molecule has 0 aliphatic carbocycles. The summed E-state index contributed by atoms with van der Waals surface area (Å²) in [6.45, 7) is 2.60. The molecule has 2 heterocycles. The van der Waals surface area contributed by atoms with Crippen LogP contribution in [0.2, 0.25) is 5.02 Å². The molecule has 0 radical (unpaired) electrons. The Balaban J connectivity index is 1.36. The summed E-state index contributed by atoms with van der Waals surface area (Å²) in [7, 11) is 0. The molecule has 0 aromatic heterocycles. The van der Waals surface area contributed by atoms with Crippen LogP contribution in [0.1, 0.15) is 12.8 Å². The molecule has 2 saturated heterocycles. The number of hydrogen-bond acceptors (Lipinski definition) is 4. The maximum Gasteiger partial charge on any atom is 0.322 e. The average molecular weight is 430 g/mol. The van der Waals surface area contributed by atoms with Crippen LogP contribution in [-0.4, -0.2) is 60.6 Å². The molecule has 2 fully saturated rings. The van der Waals surface area contributed by atoms with E-state index in [1.54, 1.807) is 34.1 Å². The molecule has 30 heavy (non-hydrogen) atoms. The number of amides is 3. The predicted molar refractivity (Wildman–Crippen MR) is 114 cm³/mol. The zero-order chi connectivity index (χ0) is 20.9. The van der Waals surface area contributed by atoms with Crippen molar-refractivity contribution < 1.29 is 19.1 Å².